The Bertz CT molecular complexity index is 907. The zero-order chi connectivity index (χ0) is 24.8. The van der Waals surface area contributed by atoms with Crippen molar-refractivity contribution in [3.63, 3.8) is 0 Å². The maximum Gasteiger partial charge on any atom is 0.223 e. The number of nitrogens with one attached hydrogen (secondary N) is 1. The van der Waals surface area contributed by atoms with Gasteiger partial charge in [-0.1, -0.05) is 31.6 Å². The van der Waals surface area contributed by atoms with Gasteiger partial charge in [0.2, 0.25) is 5.91 Å². The highest BCUT2D eigenvalue weighted by molar-refractivity contribution is 6.01. The molecule has 192 valence electrons. The highest BCUT2D eigenvalue weighted by atomic mass is 19.1. The van der Waals surface area contributed by atoms with Crippen LogP contribution in [0.5, 0.6) is 0 Å². The van der Waals surface area contributed by atoms with Crippen molar-refractivity contribution in [3.05, 3.63) is 46.9 Å². The summed E-state index contributed by atoms with van der Waals surface area (Å²) < 4.78 is 13.3. The number of aliphatic imine (C=N–C) groups is 1. The molecule has 3 aliphatic rings. The van der Waals surface area contributed by atoms with Crippen LogP contribution in [-0.2, 0) is 4.79 Å². The molecule has 5 nitrogen and oxygen atoms in total. The molecule has 3 heterocycles. The van der Waals surface area contributed by atoms with Crippen LogP contribution < -0.4 is 5.32 Å². The molecule has 1 aromatic carbocycles. The first-order valence-electron chi connectivity index (χ1n) is 13.6. The minimum absolute atomic E-state index is 0.126. The van der Waals surface area contributed by atoms with Gasteiger partial charge in [-0.25, -0.2) is 4.39 Å². The number of carbonyl (C=O) groups is 1. The first-order valence-corrected chi connectivity index (χ1v) is 13.6. The van der Waals surface area contributed by atoms with Gasteiger partial charge in [0.1, 0.15) is 5.82 Å². The van der Waals surface area contributed by atoms with Crippen LogP contribution in [0, 0.1) is 23.6 Å². The molecule has 0 saturated carbocycles. The average Bonchev–Trinajstić information content (AvgIpc) is 2.83. The maximum absolute atomic E-state index is 13.3. The molecule has 1 N–H and O–H groups in total. The molecule has 4 rings (SSSR count). The molecule has 1 aromatic rings. The Balaban J connectivity index is 1.18. The second kappa shape index (κ2) is 12.3. The molecule has 1 amide bonds. The Morgan fingerprint density at radius 2 is 1.74 bits per heavy atom. The van der Waals surface area contributed by atoms with Gasteiger partial charge in [-0.3, -0.25) is 14.7 Å². The summed E-state index contributed by atoms with van der Waals surface area (Å²) >= 11 is 0. The average molecular weight is 483 g/mol. The minimum Gasteiger partial charge on any atom is -0.356 e. The highest BCUT2D eigenvalue weighted by Crippen LogP contribution is 2.25. The number of carbonyl (C=O) groups excluding carboxylic acids is 1. The summed E-state index contributed by atoms with van der Waals surface area (Å²) in [7, 11) is 0. The fraction of sp³-hybridized carbons (Fsp3) is 0.655. The lowest BCUT2D eigenvalue weighted by atomic mass is 9.92. The fourth-order valence-electron chi connectivity index (χ4n) is 5.98. The van der Waals surface area contributed by atoms with Crippen molar-refractivity contribution in [1.82, 2.24) is 15.1 Å². The van der Waals surface area contributed by atoms with Crippen molar-refractivity contribution in [3.8, 4) is 0 Å². The Morgan fingerprint density at radius 3 is 2.43 bits per heavy atom. The fourth-order valence-corrected chi connectivity index (χ4v) is 5.98. The predicted molar refractivity (Wildman–Crippen MR) is 141 cm³/mol. The molecule has 0 radical (unpaired) electrons. The first kappa shape index (κ1) is 26.0. The van der Waals surface area contributed by atoms with Crippen LogP contribution in [0.3, 0.4) is 0 Å². The van der Waals surface area contributed by atoms with E-state index in [4.69, 9.17) is 4.99 Å². The second-order valence-electron chi connectivity index (χ2n) is 11.2. The molecule has 2 saturated heterocycles. The van der Waals surface area contributed by atoms with E-state index in [0.29, 0.717) is 0 Å². The number of hydrogen-bond donors (Lipinski definition) is 1. The van der Waals surface area contributed by atoms with Gasteiger partial charge >= 0.3 is 0 Å². The van der Waals surface area contributed by atoms with Crippen molar-refractivity contribution in [2.45, 2.75) is 59.3 Å². The van der Waals surface area contributed by atoms with E-state index >= 15 is 0 Å². The third-order valence-corrected chi connectivity index (χ3v) is 7.90. The topological polar surface area (TPSA) is 47.9 Å². The molecule has 0 bridgehead atoms. The largest absolute Gasteiger partial charge is 0.356 e. The number of amides is 1. The van der Waals surface area contributed by atoms with E-state index in [0.717, 1.165) is 93.6 Å². The molecule has 2 atom stereocenters. The minimum atomic E-state index is -0.213. The highest BCUT2D eigenvalue weighted by Gasteiger charge is 2.26. The molecule has 35 heavy (non-hydrogen) atoms. The number of rotatable bonds is 8. The Hall–Kier alpha value is -2.05. The summed E-state index contributed by atoms with van der Waals surface area (Å²) in [5.41, 5.74) is 4.54. The zero-order valence-corrected chi connectivity index (χ0v) is 21.9. The van der Waals surface area contributed by atoms with Gasteiger partial charge in [0.25, 0.3) is 0 Å². The number of halogens is 1. The van der Waals surface area contributed by atoms with Crippen molar-refractivity contribution in [2.75, 3.05) is 45.8 Å². The molecule has 0 unspecified atom stereocenters. The van der Waals surface area contributed by atoms with Crippen LogP contribution in [0.1, 0.15) is 64.9 Å². The third kappa shape index (κ3) is 7.47. The van der Waals surface area contributed by atoms with Gasteiger partial charge in [-0.05, 0) is 94.6 Å². The lowest BCUT2D eigenvalue weighted by Gasteiger charge is -2.35. The summed E-state index contributed by atoms with van der Waals surface area (Å²) in [5.74, 6) is 1.71. The molecule has 3 aliphatic heterocycles. The van der Waals surface area contributed by atoms with E-state index in [2.05, 4.69) is 35.9 Å². The van der Waals surface area contributed by atoms with Crippen molar-refractivity contribution in [2.24, 2.45) is 22.7 Å². The maximum atomic E-state index is 13.3. The molecule has 0 aromatic heterocycles. The third-order valence-electron chi connectivity index (χ3n) is 7.90. The van der Waals surface area contributed by atoms with Gasteiger partial charge in [-0.15, -0.1) is 0 Å². The van der Waals surface area contributed by atoms with Crippen LogP contribution in [-0.4, -0.2) is 67.2 Å². The summed E-state index contributed by atoms with van der Waals surface area (Å²) in [6.45, 7) is 13.8. The Morgan fingerprint density at radius 1 is 1.06 bits per heavy atom. The number of piperidine rings is 2. The van der Waals surface area contributed by atoms with E-state index in [1.54, 1.807) is 0 Å². The number of allylic oxidation sites excluding steroid dienone is 1. The molecule has 2 fully saturated rings. The SMILES string of the molecule is CC1=C(CN2CCC(C(=O)NCCCN3C[C@H](C)C[C@H](C)C3)CC2)N=C(c2ccc(F)cc2)CC1. The standard InChI is InChI=1S/C29H43FN4O/c1-21-17-22(2)19-34(18-21)14-4-13-31-29(35)25-11-15-33(16-12-25)20-28-23(3)5-10-27(32-28)24-6-8-26(30)9-7-24/h6-9,21-22,25H,4-5,10-20H2,1-3H3,(H,31,35)/t21-,22+. The van der Waals surface area contributed by atoms with Crippen LogP contribution in [0.25, 0.3) is 0 Å². The first-order chi connectivity index (χ1) is 16.9. The Kier molecular flexibility index (Phi) is 9.12. The molecule has 6 heteroatoms. The lowest BCUT2D eigenvalue weighted by molar-refractivity contribution is -0.126. The van der Waals surface area contributed by atoms with E-state index in [1.165, 1.54) is 37.2 Å². The van der Waals surface area contributed by atoms with Gasteiger partial charge in [0.15, 0.2) is 0 Å². The monoisotopic (exact) mass is 482 g/mol. The summed E-state index contributed by atoms with van der Waals surface area (Å²) in [6.07, 6.45) is 6.09. The molecule has 0 spiro atoms. The van der Waals surface area contributed by atoms with Gasteiger partial charge in [0, 0.05) is 37.8 Å². The van der Waals surface area contributed by atoms with Crippen molar-refractivity contribution in [1.29, 1.82) is 0 Å². The smallest absolute Gasteiger partial charge is 0.223 e. The second-order valence-corrected chi connectivity index (χ2v) is 11.2. The zero-order valence-electron chi connectivity index (χ0n) is 21.9. The molecular formula is C29H43FN4O. The van der Waals surface area contributed by atoms with E-state index in [1.807, 2.05) is 12.1 Å². The number of benzene rings is 1. The number of hydrogen-bond acceptors (Lipinski definition) is 4. The number of likely N-dealkylation sites (tertiary alicyclic amines) is 2. The van der Waals surface area contributed by atoms with Crippen LogP contribution in [0.4, 0.5) is 4.39 Å². The molecule has 0 aliphatic carbocycles. The van der Waals surface area contributed by atoms with Crippen LogP contribution in [0.2, 0.25) is 0 Å². The lowest BCUT2D eigenvalue weighted by Crippen LogP contribution is -2.42. The quantitative estimate of drug-likeness (QED) is 0.538. The Labute approximate surface area is 210 Å². The van der Waals surface area contributed by atoms with Gasteiger partial charge in [-0.2, -0.15) is 0 Å². The van der Waals surface area contributed by atoms with Crippen molar-refractivity contribution >= 4 is 11.6 Å². The van der Waals surface area contributed by atoms with E-state index in [-0.39, 0.29) is 17.6 Å². The van der Waals surface area contributed by atoms with E-state index in [9.17, 15) is 9.18 Å². The normalized spacial score (nSPS) is 25.0. The summed E-state index contributed by atoms with van der Waals surface area (Å²) in [4.78, 5) is 22.7. The summed E-state index contributed by atoms with van der Waals surface area (Å²) in [5, 5.41) is 3.20. The van der Waals surface area contributed by atoms with Gasteiger partial charge < -0.3 is 10.2 Å². The van der Waals surface area contributed by atoms with E-state index < -0.39 is 0 Å². The molecular weight excluding hydrogens is 439 g/mol. The van der Waals surface area contributed by atoms with Crippen molar-refractivity contribution < 1.29 is 9.18 Å². The number of nitrogens with zero attached hydrogens (tertiary/aromatic N) is 3. The van der Waals surface area contributed by atoms with Crippen LogP contribution >= 0.6 is 0 Å². The summed E-state index contributed by atoms with van der Waals surface area (Å²) in [6, 6.07) is 6.66. The van der Waals surface area contributed by atoms with Gasteiger partial charge in [0.05, 0.1) is 5.70 Å². The predicted octanol–water partition coefficient (Wildman–Crippen LogP) is 4.88. The van der Waals surface area contributed by atoms with Crippen LogP contribution in [0.15, 0.2) is 40.5 Å².